The zero-order valence-corrected chi connectivity index (χ0v) is 19.7. The zero-order valence-electron chi connectivity index (χ0n) is 16.5. The quantitative estimate of drug-likeness (QED) is 0.218. The van der Waals surface area contributed by atoms with Crippen LogP contribution in [0.4, 0.5) is 10.1 Å². The summed E-state index contributed by atoms with van der Waals surface area (Å²) in [5, 5.41) is 6.38. The lowest BCUT2D eigenvalue weighted by atomic mass is 10.2. The lowest BCUT2D eigenvalue weighted by Crippen LogP contribution is -2.43. The van der Waals surface area contributed by atoms with Crippen molar-refractivity contribution in [3.8, 4) is 0 Å². The average molecular weight is 514 g/mol. The SMILES string of the molecule is CCNC(=NCCCN(C)c1ccccc1F)NC(C)CCS(C)(=O)=O.I. The molecule has 1 aromatic rings. The predicted octanol–water partition coefficient (Wildman–Crippen LogP) is 2.65. The molecule has 1 unspecified atom stereocenters. The zero-order chi connectivity index (χ0) is 19.6. The Morgan fingerprint density at radius 1 is 1.33 bits per heavy atom. The molecule has 0 aliphatic carbocycles. The Morgan fingerprint density at radius 3 is 2.59 bits per heavy atom. The van der Waals surface area contributed by atoms with E-state index in [2.05, 4.69) is 15.6 Å². The summed E-state index contributed by atoms with van der Waals surface area (Å²) in [6.07, 6.45) is 2.55. The van der Waals surface area contributed by atoms with Crippen LogP contribution < -0.4 is 15.5 Å². The number of sulfone groups is 1. The molecule has 0 radical (unpaired) electrons. The van der Waals surface area contributed by atoms with Crippen LogP contribution in [-0.4, -0.2) is 59.1 Å². The Morgan fingerprint density at radius 2 is 2.00 bits per heavy atom. The first-order valence-corrected chi connectivity index (χ1v) is 11.0. The van der Waals surface area contributed by atoms with Gasteiger partial charge in [-0.05, 0) is 38.8 Å². The number of guanidine groups is 1. The molecular formula is C18H32FIN4O2S. The molecule has 0 aliphatic rings. The van der Waals surface area contributed by atoms with Crippen molar-refractivity contribution < 1.29 is 12.8 Å². The number of hydrogen-bond donors (Lipinski definition) is 2. The first-order chi connectivity index (χ1) is 12.2. The van der Waals surface area contributed by atoms with Gasteiger partial charge in [0.05, 0.1) is 11.4 Å². The van der Waals surface area contributed by atoms with E-state index >= 15 is 0 Å². The van der Waals surface area contributed by atoms with Crippen LogP contribution in [0.15, 0.2) is 29.3 Å². The highest BCUT2D eigenvalue weighted by Crippen LogP contribution is 2.16. The average Bonchev–Trinajstić information content (AvgIpc) is 2.56. The Bertz CT molecular complexity index is 686. The fraction of sp³-hybridized carbons (Fsp3) is 0.611. The van der Waals surface area contributed by atoms with Crippen molar-refractivity contribution in [3.05, 3.63) is 30.1 Å². The van der Waals surface area contributed by atoms with Crippen LogP contribution in [0.3, 0.4) is 0 Å². The lowest BCUT2D eigenvalue weighted by molar-refractivity contribution is 0.581. The van der Waals surface area contributed by atoms with Crippen LogP contribution in [0.1, 0.15) is 26.7 Å². The maximum absolute atomic E-state index is 13.7. The normalized spacial score (nSPS) is 12.9. The van der Waals surface area contributed by atoms with E-state index in [1.54, 1.807) is 12.1 Å². The molecule has 0 saturated carbocycles. The maximum atomic E-state index is 13.7. The second kappa shape index (κ2) is 13.1. The minimum absolute atomic E-state index is 0. The molecule has 0 bridgehead atoms. The van der Waals surface area contributed by atoms with Gasteiger partial charge in [-0.3, -0.25) is 4.99 Å². The third-order valence-corrected chi connectivity index (χ3v) is 4.81. The van der Waals surface area contributed by atoms with Crippen molar-refractivity contribution in [1.82, 2.24) is 10.6 Å². The first-order valence-electron chi connectivity index (χ1n) is 8.91. The molecule has 0 fully saturated rings. The van der Waals surface area contributed by atoms with Crippen LogP contribution in [0.5, 0.6) is 0 Å². The summed E-state index contributed by atoms with van der Waals surface area (Å²) in [7, 11) is -1.10. The van der Waals surface area contributed by atoms with Crippen LogP contribution in [-0.2, 0) is 9.84 Å². The van der Waals surface area contributed by atoms with E-state index in [1.165, 1.54) is 12.3 Å². The van der Waals surface area contributed by atoms with Gasteiger partial charge in [-0.25, -0.2) is 12.8 Å². The molecule has 27 heavy (non-hydrogen) atoms. The van der Waals surface area contributed by atoms with E-state index in [0.29, 0.717) is 31.2 Å². The van der Waals surface area contributed by atoms with Crippen molar-refractivity contribution in [1.29, 1.82) is 0 Å². The van der Waals surface area contributed by atoms with E-state index < -0.39 is 9.84 Å². The van der Waals surface area contributed by atoms with Crippen LogP contribution in [0, 0.1) is 5.82 Å². The van der Waals surface area contributed by atoms with Gasteiger partial charge in [0, 0.05) is 39.0 Å². The lowest BCUT2D eigenvalue weighted by Gasteiger charge is -2.20. The van der Waals surface area contributed by atoms with Crippen molar-refractivity contribution in [2.75, 3.05) is 43.6 Å². The number of para-hydroxylation sites is 1. The summed E-state index contributed by atoms with van der Waals surface area (Å²) in [5.41, 5.74) is 0.580. The summed E-state index contributed by atoms with van der Waals surface area (Å²) < 4.78 is 36.3. The third kappa shape index (κ3) is 11.4. The molecule has 0 amide bonds. The molecule has 0 aromatic heterocycles. The number of aliphatic imine (C=N–C) groups is 1. The summed E-state index contributed by atoms with van der Waals surface area (Å²) in [6.45, 7) is 5.91. The number of rotatable bonds is 10. The Kier molecular flexibility index (Phi) is 12.6. The van der Waals surface area contributed by atoms with E-state index in [1.807, 2.05) is 31.9 Å². The Labute approximate surface area is 180 Å². The molecule has 9 heteroatoms. The largest absolute Gasteiger partial charge is 0.372 e. The Balaban J connectivity index is 0.00000676. The maximum Gasteiger partial charge on any atom is 0.191 e. The molecule has 0 spiro atoms. The highest BCUT2D eigenvalue weighted by atomic mass is 127. The van der Waals surface area contributed by atoms with Gasteiger partial charge in [-0.15, -0.1) is 24.0 Å². The minimum atomic E-state index is -2.96. The standard InChI is InChI=1S/C18H31FN4O2S.HI/c1-5-20-18(22-15(2)11-14-26(4,24)25)21-12-8-13-23(3)17-10-7-6-9-16(17)19;/h6-7,9-10,15H,5,8,11-14H2,1-4H3,(H2,20,21,22);1H. The molecule has 156 valence electrons. The molecule has 2 N–H and O–H groups in total. The van der Waals surface area contributed by atoms with Crippen molar-refractivity contribution in [2.45, 2.75) is 32.7 Å². The fourth-order valence-electron chi connectivity index (χ4n) is 2.40. The summed E-state index contributed by atoms with van der Waals surface area (Å²) in [6, 6.07) is 6.71. The molecule has 1 aromatic carbocycles. The molecule has 0 aliphatic heterocycles. The van der Waals surface area contributed by atoms with Gasteiger partial charge >= 0.3 is 0 Å². The summed E-state index contributed by atoms with van der Waals surface area (Å²) in [5.74, 6) is 0.587. The van der Waals surface area contributed by atoms with Crippen molar-refractivity contribution >= 4 is 45.5 Å². The van der Waals surface area contributed by atoms with Crippen LogP contribution >= 0.6 is 24.0 Å². The summed E-state index contributed by atoms with van der Waals surface area (Å²) in [4.78, 5) is 6.39. The number of nitrogens with one attached hydrogen (secondary N) is 2. The highest BCUT2D eigenvalue weighted by Gasteiger charge is 2.10. The molecule has 6 nitrogen and oxygen atoms in total. The predicted molar refractivity (Wildman–Crippen MR) is 123 cm³/mol. The molecule has 1 rings (SSSR count). The topological polar surface area (TPSA) is 73.8 Å². The van der Waals surface area contributed by atoms with Gasteiger partial charge in [-0.2, -0.15) is 0 Å². The number of halogens is 2. The van der Waals surface area contributed by atoms with Crippen molar-refractivity contribution in [3.63, 3.8) is 0 Å². The fourth-order valence-corrected chi connectivity index (χ4v) is 3.18. The molecule has 0 saturated heterocycles. The van der Waals surface area contributed by atoms with E-state index in [-0.39, 0.29) is 41.6 Å². The van der Waals surface area contributed by atoms with Crippen LogP contribution in [0.2, 0.25) is 0 Å². The number of hydrogen-bond acceptors (Lipinski definition) is 4. The van der Waals surface area contributed by atoms with E-state index in [9.17, 15) is 12.8 Å². The smallest absolute Gasteiger partial charge is 0.191 e. The number of nitrogens with zero attached hydrogens (tertiary/aromatic N) is 2. The molecule has 0 heterocycles. The third-order valence-electron chi connectivity index (χ3n) is 3.83. The number of anilines is 1. The van der Waals surface area contributed by atoms with Gasteiger partial charge in [0.1, 0.15) is 15.7 Å². The summed E-state index contributed by atoms with van der Waals surface area (Å²) >= 11 is 0. The van der Waals surface area contributed by atoms with Gasteiger partial charge in [-0.1, -0.05) is 12.1 Å². The second-order valence-corrected chi connectivity index (χ2v) is 8.71. The second-order valence-electron chi connectivity index (χ2n) is 6.45. The minimum Gasteiger partial charge on any atom is -0.372 e. The highest BCUT2D eigenvalue weighted by molar-refractivity contribution is 14.0. The number of benzene rings is 1. The van der Waals surface area contributed by atoms with Crippen LogP contribution in [0.25, 0.3) is 0 Å². The van der Waals surface area contributed by atoms with Gasteiger partial charge in [0.25, 0.3) is 0 Å². The monoisotopic (exact) mass is 514 g/mol. The van der Waals surface area contributed by atoms with Gasteiger partial charge < -0.3 is 15.5 Å². The van der Waals surface area contributed by atoms with Gasteiger partial charge in [0.2, 0.25) is 0 Å². The van der Waals surface area contributed by atoms with E-state index in [0.717, 1.165) is 13.0 Å². The van der Waals surface area contributed by atoms with Crippen molar-refractivity contribution in [2.24, 2.45) is 4.99 Å². The van der Waals surface area contributed by atoms with E-state index in [4.69, 9.17) is 0 Å². The Hall–Kier alpha value is -1.10. The molecule has 1 atom stereocenters. The first kappa shape index (κ1) is 25.9. The van der Waals surface area contributed by atoms with Gasteiger partial charge in [0.15, 0.2) is 5.96 Å². The molecular weight excluding hydrogens is 482 g/mol.